The third-order valence-electron chi connectivity index (χ3n) is 7.00. The number of amides is 1. The molecule has 3 saturated heterocycles. The maximum Gasteiger partial charge on any atom is 0.303 e. The van der Waals surface area contributed by atoms with E-state index in [1.165, 1.54) is 6.92 Å². The third-order valence-corrected chi connectivity index (χ3v) is 7.00. The van der Waals surface area contributed by atoms with Crippen molar-refractivity contribution in [1.29, 1.82) is 0 Å². The van der Waals surface area contributed by atoms with Gasteiger partial charge in [-0.15, -0.1) is 0 Å². The van der Waals surface area contributed by atoms with Gasteiger partial charge in [0.2, 0.25) is 5.78 Å². The number of hydrogen-bond donors (Lipinski definition) is 1. The number of anilines is 1. The minimum absolute atomic E-state index is 0. The average Bonchev–Trinajstić information content (AvgIpc) is 2.91. The Kier molecular flexibility index (Phi) is 10.0. The molecule has 3 aliphatic rings. The van der Waals surface area contributed by atoms with E-state index in [1.54, 1.807) is 12.1 Å². The summed E-state index contributed by atoms with van der Waals surface area (Å²) in [5.74, 6) is 0.390. The largest absolute Gasteiger partial charge is 1.00 e. The number of benzene rings is 3. The second kappa shape index (κ2) is 13.2. The first-order valence-electron chi connectivity index (χ1n) is 12.5. The van der Waals surface area contributed by atoms with Crippen molar-refractivity contribution in [1.82, 2.24) is 0 Å². The van der Waals surface area contributed by atoms with Gasteiger partial charge in [0.05, 0.1) is 13.1 Å². The van der Waals surface area contributed by atoms with E-state index < -0.39 is 0 Å². The summed E-state index contributed by atoms with van der Waals surface area (Å²) in [6, 6.07) is 28.1. The number of para-hydroxylation sites is 1. The molecule has 1 N–H and O–H groups in total. The van der Waals surface area contributed by atoms with Crippen molar-refractivity contribution in [3.05, 3.63) is 102 Å². The van der Waals surface area contributed by atoms with Gasteiger partial charge in [0, 0.05) is 42.5 Å². The van der Waals surface area contributed by atoms with Crippen molar-refractivity contribution in [2.75, 3.05) is 31.5 Å². The summed E-state index contributed by atoms with van der Waals surface area (Å²) in [6.07, 6.45) is 2.11. The highest BCUT2D eigenvalue weighted by Gasteiger charge is 2.48. The van der Waals surface area contributed by atoms with Crippen molar-refractivity contribution in [3.63, 3.8) is 0 Å². The Balaban J connectivity index is 0.000000211. The number of fused-ring (bicyclic) bond motifs is 3. The van der Waals surface area contributed by atoms with Gasteiger partial charge in [0.25, 0.3) is 5.91 Å². The lowest BCUT2D eigenvalue weighted by Gasteiger charge is -2.51. The summed E-state index contributed by atoms with van der Waals surface area (Å²) in [5.41, 5.74) is 2.26. The fourth-order valence-electron chi connectivity index (χ4n) is 5.12. The number of esters is 1. The maximum absolute atomic E-state index is 12.5. The fraction of sp³-hybridized carbons (Fsp3) is 0.300. The van der Waals surface area contributed by atoms with Crippen molar-refractivity contribution in [2.45, 2.75) is 25.9 Å². The molecule has 37 heavy (non-hydrogen) atoms. The van der Waals surface area contributed by atoms with Gasteiger partial charge in [0.15, 0.2) is 6.10 Å². The van der Waals surface area contributed by atoms with Crippen LogP contribution in [0, 0.1) is 5.92 Å². The lowest BCUT2D eigenvalue weighted by Crippen LogP contribution is -3.00. The van der Waals surface area contributed by atoms with Crippen LogP contribution in [-0.4, -0.2) is 54.4 Å². The van der Waals surface area contributed by atoms with Crippen LogP contribution in [0.1, 0.15) is 40.5 Å². The molecule has 0 saturated carbocycles. The smallest absolute Gasteiger partial charge is 0.303 e. The van der Waals surface area contributed by atoms with Gasteiger partial charge in [-0.25, -0.2) is 0 Å². The van der Waals surface area contributed by atoms with Crippen molar-refractivity contribution in [2.24, 2.45) is 5.92 Å². The van der Waals surface area contributed by atoms with Gasteiger partial charge in [-0.3, -0.25) is 14.4 Å². The number of halogens is 1. The summed E-state index contributed by atoms with van der Waals surface area (Å²) in [5, 5.41) is 2.82. The van der Waals surface area contributed by atoms with E-state index in [9.17, 15) is 14.4 Å². The molecule has 3 aromatic carbocycles. The first kappa shape index (κ1) is 28.1. The summed E-state index contributed by atoms with van der Waals surface area (Å²) >= 11 is 0. The molecular weight excluding hydrogens is 488 g/mol. The van der Waals surface area contributed by atoms with Crippen LogP contribution in [0.25, 0.3) is 0 Å². The highest BCUT2D eigenvalue weighted by molar-refractivity contribution is 6.04. The number of quaternary nitrogens is 1. The molecule has 3 aliphatic heterocycles. The van der Waals surface area contributed by atoms with Gasteiger partial charge >= 0.3 is 5.97 Å². The van der Waals surface area contributed by atoms with Crippen LogP contribution in [0.15, 0.2) is 91.0 Å². The van der Waals surface area contributed by atoms with Crippen LogP contribution in [0.5, 0.6) is 0 Å². The first-order chi connectivity index (χ1) is 17.4. The normalized spacial score (nSPS) is 21.4. The number of carbonyl (C=O) groups excluding carboxylic acids is 3. The quantitative estimate of drug-likeness (QED) is 0.306. The zero-order valence-electron chi connectivity index (χ0n) is 21.0. The maximum atomic E-state index is 12.5. The lowest BCUT2D eigenvalue weighted by molar-refractivity contribution is -0.938. The van der Waals surface area contributed by atoms with Crippen molar-refractivity contribution < 1.29 is 36.0 Å². The molecule has 7 heteroatoms. The zero-order chi connectivity index (χ0) is 25.4. The molecule has 194 valence electrons. The molecule has 6 nitrogen and oxygen atoms in total. The minimum Gasteiger partial charge on any atom is -1.00 e. The monoisotopic (exact) mass is 520 g/mol. The number of rotatable bonds is 6. The molecule has 3 fully saturated rings. The van der Waals surface area contributed by atoms with E-state index in [4.69, 9.17) is 4.74 Å². The standard InChI is InChI=1S/C17H22NO3.C13H11NO.ClH/c1-13(19)21-17-12-18(9-7-15(17)8-10-18)11-16(20)14-5-3-2-4-6-14;15-13(11-7-3-1-4-8-11)14-12-9-5-2-6-10-12;/h2-6,15,17H,7-12H2,1H3;1-10H,(H,14,15);1H/q+1;;/p-1/t15?,17-,18?;;/m0../s1. The van der Waals surface area contributed by atoms with E-state index >= 15 is 0 Å². The Morgan fingerprint density at radius 2 is 1.32 bits per heavy atom. The topological polar surface area (TPSA) is 72.5 Å². The molecule has 0 spiro atoms. The molecular formula is C30H33ClN2O4. The van der Waals surface area contributed by atoms with Crippen molar-refractivity contribution in [3.8, 4) is 0 Å². The highest BCUT2D eigenvalue weighted by atomic mass is 35.5. The number of hydrogen-bond acceptors (Lipinski definition) is 4. The predicted molar refractivity (Wildman–Crippen MR) is 140 cm³/mol. The molecule has 2 bridgehead atoms. The summed E-state index contributed by atoms with van der Waals surface area (Å²) in [4.78, 5) is 35.4. The van der Waals surface area contributed by atoms with Crippen LogP contribution in [0.2, 0.25) is 0 Å². The predicted octanol–water partition coefficient (Wildman–Crippen LogP) is 1.98. The number of ether oxygens (including phenoxy) is 1. The number of nitrogens with one attached hydrogen (secondary N) is 1. The summed E-state index contributed by atoms with van der Waals surface area (Å²) < 4.78 is 6.25. The SMILES string of the molecule is CC(=O)O[C@H]1C[N+]2(CC(=O)c3ccccc3)CCC1CC2.O=C(Nc1ccccc1)c1ccccc1.[Cl-]. The number of Topliss-reactive ketones (excluding diaryl/α,β-unsaturated/α-hetero) is 1. The van der Waals surface area contributed by atoms with Gasteiger partial charge in [0.1, 0.15) is 13.1 Å². The van der Waals surface area contributed by atoms with E-state index in [1.807, 2.05) is 78.9 Å². The Morgan fingerprint density at radius 3 is 1.86 bits per heavy atom. The van der Waals surface area contributed by atoms with Gasteiger partial charge in [-0.05, 0) is 24.3 Å². The molecule has 3 heterocycles. The number of ketones is 1. The van der Waals surface area contributed by atoms with E-state index in [0.29, 0.717) is 18.0 Å². The van der Waals surface area contributed by atoms with Gasteiger partial charge in [-0.1, -0.05) is 66.7 Å². The molecule has 1 amide bonds. The minimum atomic E-state index is -0.207. The molecule has 0 aromatic heterocycles. The molecule has 0 unspecified atom stereocenters. The van der Waals surface area contributed by atoms with Gasteiger partial charge in [-0.2, -0.15) is 0 Å². The second-order valence-electron chi connectivity index (χ2n) is 9.59. The van der Waals surface area contributed by atoms with E-state index in [2.05, 4.69) is 5.32 Å². The highest BCUT2D eigenvalue weighted by Crippen LogP contribution is 2.35. The van der Waals surface area contributed by atoms with Crippen LogP contribution >= 0.6 is 0 Å². The van der Waals surface area contributed by atoms with E-state index in [0.717, 1.165) is 48.2 Å². The number of carbonyl (C=O) groups is 3. The molecule has 3 aromatic rings. The molecule has 0 aliphatic carbocycles. The van der Waals surface area contributed by atoms with Crippen LogP contribution in [0.3, 0.4) is 0 Å². The summed E-state index contributed by atoms with van der Waals surface area (Å²) in [6.45, 7) is 4.84. The second-order valence-corrected chi connectivity index (χ2v) is 9.59. The number of nitrogens with zero attached hydrogens (tertiary/aromatic N) is 1. The average molecular weight is 521 g/mol. The van der Waals surface area contributed by atoms with Gasteiger partial charge < -0.3 is 26.9 Å². The van der Waals surface area contributed by atoms with E-state index in [-0.39, 0.29) is 36.2 Å². The van der Waals surface area contributed by atoms with Crippen LogP contribution in [-0.2, 0) is 9.53 Å². The fourth-order valence-corrected chi connectivity index (χ4v) is 5.12. The summed E-state index contributed by atoms with van der Waals surface area (Å²) in [7, 11) is 0. The lowest BCUT2D eigenvalue weighted by atomic mass is 9.83. The molecule has 6 rings (SSSR count). The molecule has 1 atom stereocenters. The van der Waals surface area contributed by atoms with Crippen molar-refractivity contribution >= 4 is 23.3 Å². The molecule has 0 radical (unpaired) electrons. The Labute approximate surface area is 224 Å². The number of piperidine rings is 3. The Bertz CT molecular complexity index is 1160. The Hall–Kier alpha value is -3.48. The van der Waals surface area contributed by atoms with Crippen LogP contribution in [0.4, 0.5) is 5.69 Å². The zero-order valence-corrected chi connectivity index (χ0v) is 21.8. The third kappa shape index (κ3) is 7.75. The van der Waals surface area contributed by atoms with Crippen LogP contribution < -0.4 is 17.7 Å². The first-order valence-corrected chi connectivity index (χ1v) is 12.5. The Morgan fingerprint density at radius 1 is 0.811 bits per heavy atom.